The highest BCUT2D eigenvalue weighted by Crippen LogP contribution is 2.31. The van der Waals surface area contributed by atoms with Gasteiger partial charge in [0.15, 0.2) is 5.03 Å². The third-order valence-corrected chi connectivity index (χ3v) is 6.05. The van der Waals surface area contributed by atoms with E-state index in [1.54, 1.807) is 12.1 Å². The molecule has 3 rings (SSSR count). The molecule has 1 aromatic carbocycles. The minimum Gasteiger partial charge on any atom is -0.371 e. The van der Waals surface area contributed by atoms with E-state index >= 15 is 0 Å². The molecule has 0 saturated carbocycles. The number of benzene rings is 1. The number of aromatic nitrogens is 1. The number of carbonyl (C=O) groups is 1. The fourth-order valence-corrected chi connectivity index (χ4v) is 3.97. The van der Waals surface area contributed by atoms with Gasteiger partial charge in [-0.05, 0) is 48.7 Å². The van der Waals surface area contributed by atoms with Crippen molar-refractivity contribution in [3.63, 3.8) is 0 Å². The Morgan fingerprint density at radius 1 is 1.21 bits per heavy atom. The van der Waals surface area contributed by atoms with Crippen molar-refractivity contribution in [2.45, 2.75) is 17.0 Å². The van der Waals surface area contributed by atoms with Crippen molar-refractivity contribution < 1.29 is 30.8 Å². The Morgan fingerprint density at radius 2 is 1.90 bits per heavy atom. The van der Waals surface area contributed by atoms with Crippen LogP contribution in [0.15, 0.2) is 47.6 Å². The fraction of sp³-hybridized carbons (Fsp3) is 0.333. The van der Waals surface area contributed by atoms with Crippen LogP contribution in [0.4, 0.5) is 23.2 Å². The van der Waals surface area contributed by atoms with E-state index in [1.807, 2.05) is 4.90 Å². The third kappa shape index (κ3) is 4.50. The Labute approximate surface area is 164 Å². The smallest absolute Gasteiger partial charge is 0.371 e. The first-order valence-electron chi connectivity index (χ1n) is 8.64. The quantitative estimate of drug-likeness (QED) is 0.737. The van der Waals surface area contributed by atoms with Gasteiger partial charge in [0, 0.05) is 31.5 Å². The number of anilines is 1. The van der Waals surface area contributed by atoms with Gasteiger partial charge in [0.2, 0.25) is 0 Å². The molecule has 156 valence electrons. The van der Waals surface area contributed by atoms with Crippen molar-refractivity contribution in [2.75, 3.05) is 24.5 Å². The lowest BCUT2D eigenvalue weighted by atomic mass is 10.1. The van der Waals surface area contributed by atoms with Gasteiger partial charge < -0.3 is 10.2 Å². The van der Waals surface area contributed by atoms with Crippen LogP contribution in [0.1, 0.15) is 16.8 Å². The lowest BCUT2D eigenvalue weighted by molar-refractivity contribution is -0.0438. The van der Waals surface area contributed by atoms with Crippen LogP contribution in [0.2, 0.25) is 0 Å². The standard InChI is InChI=1S/C18H17F4N3O3S/c19-13-3-5-14(6-4-13)25-9-7-12(11-25)10-24-16(26)15-2-1-8-23-17(15)29(27,28)18(20,21)22/h1-6,8,12H,7,9-11H2,(H,24,26). The van der Waals surface area contributed by atoms with Crippen LogP contribution in [0.5, 0.6) is 0 Å². The zero-order chi connectivity index (χ0) is 21.2. The van der Waals surface area contributed by atoms with Crippen molar-refractivity contribution in [2.24, 2.45) is 5.92 Å². The molecular weight excluding hydrogens is 414 g/mol. The van der Waals surface area contributed by atoms with Crippen molar-refractivity contribution >= 4 is 21.4 Å². The molecule has 1 saturated heterocycles. The van der Waals surface area contributed by atoms with Crippen LogP contribution >= 0.6 is 0 Å². The van der Waals surface area contributed by atoms with E-state index in [2.05, 4.69) is 10.3 Å². The first-order chi connectivity index (χ1) is 13.6. The summed E-state index contributed by atoms with van der Waals surface area (Å²) in [5.41, 5.74) is -5.39. The molecule has 1 aromatic heterocycles. The van der Waals surface area contributed by atoms with Gasteiger partial charge in [-0.1, -0.05) is 0 Å². The normalized spacial score (nSPS) is 17.4. The number of nitrogens with one attached hydrogen (secondary N) is 1. The summed E-state index contributed by atoms with van der Waals surface area (Å²) in [5.74, 6) is -1.29. The van der Waals surface area contributed by atoms with Gasteiger partial charge in [-0.25, -0.2) is 17.8 Å². The van der Waals surface area contributed by atoms with Crippen molar-refractivity contribution in [3.05, 3.63) is 54.0 Å². The first-order valence-corrected chi connectivity index (χ1v) is 10.1. The highest BCUT2D eigenvalue weighted by molar-refractivity contribution is 7.92. The first kappa shape index (κ1) is 21.0. The number of amides is 1. The average molecular weight is 431 g/mol. The predicted molar refractivity (Wildman–Crippen MR) is 96.5 cm³/mol. The molecule has 0 radical (unpaired) electrons. The zero-order valence-corrected chi connectivity index (χ0v) is 15.8. The number of nitrogens with zero attached hydrogens (tertiary/aromatic N) is 2. The molecule has 1 N–H and O–H groups in total. The second-order valence-corrected chi connectivity index (χ2v) is 8.45. The van der Waals surface area contributed by atoms with Crippen LogP contribution in [0, 0.1) is 11.7 Å². The molecule has 1 atom stereocenters. The molecule has 29 heavy (non-hydrogen) atoms. The SMILES string of the molecule is O=C(NCC1CCN(c2ccc(F)cc2)C1)c1cccnc1S(=O)(=O)C(F)(F)F. The van der Waals surface area contributed by atoms with Gasteiger partial charge in [-0.3, -0.25) is 4.79 Å². The second-order valence-electron chi connectivity index (χ2n) is 6.59. The number of rotatable bonds is 5. The molecule has 0 aliphatic carbocycles. The summed E-state index contributed by atoms with van der Waals surface area (Å²) in [6, 6.07) is 8.14. The van der Waals surface area contributed by atoms with E-state index in [9.17, 15) is 30.8 Å². The molecule has 11 heteroatoms. The predicted octanol–water partition coefficient (Wildman–Crippen LogP) is 2.77. The summed E-state index contributed by atoms with van der Waals surface area (Å²) in [7, 11) is -5.75. The number of alkyl halides is 3. The van der Waals surface area contributed by atoms with E-state index in [0.717, 1.165) is 18.0 Å². The number of carbonyl (C=O) groups excluding carboxylic acids is 1. The van der Waals surface area contributed by atoms with Gasteiger partial charge in [-0.2, -0.15) is 13.2 Å². The topological polar surface area (TPSA) is 79.4 Å². The summed E-state index contributed by atoms with van der Waals surface area (Å²) < 4.78 is 74.9. The highest BCUT2D eigenvalue weighted by Gasteiger charge is 2.49. The van der Waals surface area contributed by atoms with E-state index in [1.165, 1.54) is 18.2 Å². The van der Waals surface area contributed by atoms with Gasteiger partial charge in [0.25, 0.3) is 15.7 Å². The molecule has 1 amide bonds. The van der Waals surface area contributed by atoms with Crippen molar-refractivity contribution in [1.29, 1.82) is 0 Å². The Balaban J connectivity index is 1.66. The molecule has 1 aliphatic rings. The maximum atomic E-state index is 13.0. The summed E-state index contributed by atoms with van der Waals surface area (Å²) in [4.78, 5) is 17.6. The molecule has 1 aliphatic heterocycles. The van der Waals surface area contributed by atoms with Crippen LogP contribution in [0.3, 0.4) is 0 Å². The minimum atomic E-state index is -5.75. The Morgan fingerprint density at radius 3 is 2.55 bits per heavy atom. The van der Waals surface area contributed by atoms with Crippen molar-refractivity contribution in [3.8, 4) is 0 Å². The summed E-state index contributed by atoms with van der Waals surface area (Å²) >= 11 is 0. The van der Waals surface area contributed by atoms with Crippen molar-refractivity contribution in [1.82, 2.24) is 10.3 Å². The Hall–Kier alpha value is -2.69. The maximum Gasteiger partial charge on any atom is 0.503 e. The molecule has 2 aromatic rings. The van der Waals surface area contributed by atoms with E-state index in [-0.39, 0.29) is 18.3 Å². The van der Waals surface area contributed by atoms with E-state index in [0.29, 0.717) is 19.5 Å². The number of pyridine rings is 1. The maximum absolute atomic E-state index is 13.0. The Bertz CT molecular complexity index is 994. The highest BCUT2D eigenvalue weighted by atomic mass is 32.2. The summed E-state index contributed by atoms with van der Waals surface area (Å²) in [6.07, 6.45) is 1.59. The lowest BCUT2D eigenvalue weighted by Crippen LogP contribution is -2.33. The van der Waals surface area contributed by atoms with Gasteiger partial charge >= 0.3 is 5.51 Å². The molecule has 6 nitrogen and oxygen atoms in total. The van der Waals surface area contributed by atoms with Crippen LogP contribution in [-0.2, 0) is 9.84 Å². The molecule has 0 bridgehead atoms. The van der Waals surface area contributed by atoms with Crippen LogP contribution in [-0.4, -0.2) is 44.5 Å². The van der Waals surface area contributed by atoms with Gasteiger partial charge in [0.1, 0.15) is 5.82 Å². The molecule has 2 heterocycles. The zero-order valence-electron chi connectivity index (χ0n) is 15.0. The monoisotopic (exact) mass is 431 g/mol. The fourth-order valence-electron chi connectivity index (χ4n) is 3.11. The van der Waals surface area contributed by atoms with E-state index in [4.69, 9.17) is 0 Å². The summed E-state index contributed by atoms with van der Waals surface area (Å²) in [5, 5.41) is 1.17. The number of hydrogen-bond acceptors (Lipinski definition) is 5. The third-order valence-electron chi connectivity index (χ3n) is 4.60. The van der Waals surface area contributed by atoms with E-state index < -0.39 is 31.8 Å². The van der Waals surface area contributed by atoms with Crippen LogP contribution in [0.25, 0.3) is 0 Å². The molecular formula is C18H17F4N3O3S. The number of hydrogen-bond donors (Lipinski definition) is 1. The van der Waals surface area contributed by atoms with Gasteiger partial charge in [-0.15, -0.1) is 0 Å². The minimum absolute atomic E-state index is 0.00310. The van der Waals surface area contributed by atoms with Gasteiger partial charge in [0.05, 0.1) is 5.56 Å². The number of halogens is 4. The largest absolute Gasteiger partial charge is 0.503 e. The molecule has 0 spiro atoms. The lowest BCUT2D eigenvalue weighted by Gasteiger charge is -2.19. The molecule has 1 fully saturated rings. The number of sulfone groups is 1. The second kappa shape index (κ2) is 7.97. The summed E-state index contributed by atoms with van der Waals surface area (Å²) in [6.45, 7) is 1.39. The van der Waals surface area contributed by atoms with Crippen LogP contribution < -0.4 is 10.2 Å². The average Bonchev–Trinajstić information content (AvgIpc) is 3.15. The Kier molecular flexibility index (Phi) is 5.78. The molecule has 1 unspecified atom stereocenters.